The van der Waals surface area contributed by atoms with Gasteiger partial charge in [-0.15, -0.1) is 0 Å². The molecular weight excluding hydrogens is 334 g/mol. The van der Waals surface area contributed by atoms with Gasteiger partial charge in [0.05, 0.1) is 17.2 Å². The summed E-state index contributed by atoms with van der Waals surface area (Å²) in [4.78, 5) is 12.8. The highest BCUT2D eigenvalue weighted by Crippen LogP contribution is 2.44. The van der Waals surface area contributed by atoms with Crippen LogP contribution in [0.25, 0.3) is 0 Å². The Morgan fingerprint density at radius 3 is 2.37 bits per heavy atom. The molecule has 0 radical (unpaired) electrons. The molecule has 0 heterocycles. The summed E-state index contributed by atoms with van der Waals surface area (Å²) >= 11 is 0. The molecule has 3 heteroatoms. The molecule has 0 amide bonds. The third-order valence-electron chi connectivity index (χ3n) is 5.72. The number of unbranched alkanes of at least 4 members (excludes halogenated alkanes) is 1. The van der Waals surface area contributed by atoms with E-state index in [1.807, 2.05) is 42.5 Å². The first-order valence-corrected chi connectivity index (χ1v) is 9.96. The maximum Gasteiger partial charge on any atom is 0.339 e. The van der Waals surface area contributed by atoms with Gasteiger partial charge in [0.15, 0.2) is 0 Å². The van der Waals surface area contributed by atoms with Crippen LogP contribution in [0.4, 0.5) is 0 Å². The largest absolute Gasteiger partial charge is 0.451 e. The SMILES string of the molecule is CCCCC1CCC(OC(=O)c2ccccc2)(c2ccc(C#N)cc2)CC1. The number of benzene rings is 2. The predicted octanol–water partition coefficient (Wildman–Crippen LogP) is 5.99. The van der Waals surface area contributed by atoms with Crippen LogP contribution in [0.2, 0.25) is 0 Å². The minimum Gasteiger partial charge on any atom is -0.451 e. The quantitative estimate of drug-likeness (QED) is 0.594. The number of hydrogen-bond donors (Lipinski definition) is 0. The minimum absolute atomic E-state index is 0.271. The van der Waals surface area contributed by atoms with Crippen molar-refractivity contribution < 1.29 is 9.53 Å². The van der Waals surface area contributed by atoms with Crippen molar-refractivity contribution in [1.29, 1.82) is 5.26 Å². The molecule has 0 spiro atoms. The molecule has 2 aromatic rings. The summed E-state index contributed by atoms with van der Waals surface area (Å²) in [5.74, 6) is 0.443. The Morgan fingerprint density at radius 2 is 1.78 bits per heavy atom. The number of ether oxygens (including phenoxy) is 1. The zero-order valence-corrected chi connectivity index (χ0v) is 16.0. The van der Waals surface area contributed by atoms with Gasteiger partial charge in [-0.2, -0.15) is 5.26 Å². The lowest BCUT2D eigenvalue weighted by molar-refractivity contribution is -0.0498. The molecule has 0 aliphatic heterocycles. The summed E-state index contributed by atoms with van der Waals surface area (Å²) in [7, 11) is 0. The molecule has 1 fully saturated rings. The lowest BCUT2D eigenvalue weighted by atomic mass is 9.73. The van der Waals surface area contributed by atoms with Crippen LogP contribution in [0.5, 0.6) is 0 Å². The Labute approximate surface area is 162 Å². The van der Waals surface area contributed by atoms with E-state index in [1.165, 1.54) is 19.3 Å². The van der Waals surface area contributed by atoms with E-state index in [0.29, 0.717) is 17.0 Å². The van der Waals surface area contributed by atoms with E-state index in [0.717, 1.165) is 31.2 Å². The van der Waals surface area contributed by atoms with Crippen LogP contribution in [0.1, 0.15) is 73.4 Å². The smallest absolute Gasteiger partial charge is 0.339 e. The number of hydrogen-bond acceptors (Lipinski definition) is 3. The molecule has 0 unspecified atom stereocenters. The van der Waals surface area contributed by atoms with Crippen molar-refractivity contribution in [3.05, 3.63) is 71.3 Å². The molecule has 0 aromatic heterocycles. The average Bonchev–Trinajstić information content (AvgIpc) is 2.74. The number of nitriles is 1. The van der Waals surface area contributed by atoms with E-state index in [2.05, 4.69) is 13.0 Å². The maximum atomic E-state index is 12.8. The van der Waals surface area contributed by atoms with E-state index in [4.69, 9.17) is 10.00 Å². The maximum absolute atomic E-state index is 12.8. The Morgan fingerprint density at radius 1 is 1.11 bits per heavy atom. The van der Waals surface area contributed by atoms with Crippen molar-refractivity contribution in [2.24, 2.45) is 5.92 Å². The van der Waals surface area contributed by atoms with E-state index in [1.54, 1.807) is 12.1 Å². The predicted molar refractivity (Wildman–Crippen MR) is 106 cm³/mol. The summed E-state index contributed by atoms with van der Waals surface area (Å²) in [6, 6.07) is 18.9. The van der Waals surface area contributed by atoms with Gasteiger partial charge in [-0.25, -0.2) is 4.79 Å². The van der Waals surface area contributed by atoms with Crippen LogP contribution in [0.3, 0.4) is 0 Å². The molecule has 0 bridgehead atoms. The molecule has 0 atom stereocenters. The normalized spacial score (nSPS) is 22.0. The molecule has 0 saturated heterocycles. The Bertz CT molecular complexity index is 781. The summed E-state index contributed by atoms with van der Waals surface area (Å²) in [6.45, 7) is 2.23. The highest BCUT2D eigenvalue weighted by Gasteiger charge is 2.40. The van der Waals surface area contributed by atoms with E-state index in [9.17, 15) is 4.79 Å². The molecule has 1 aliphatic rings. The Kier molecular flexibility index (Phi) is 6.29. The lowest BCUT2D eigenvalue weighted by Gasteiger charge is -2.40. The van der Waals surface area contributed by atoms with Gasteiger partial charge in [0, 0.05) is 0 Å². The zero-order chi connectivity index (χ0) is 19.1. The standard InChI is InChI=1S/C24H27NO2/c1-2-3-7-19-14-16-24(17-15-19,22-12-10-20(18-25)11-13-22)27-23(26)21-8-5-4-6-9-21/h4-6,8-13,19H,2-3,7,14-17H2,1H3. The van der Waals surface area contributed by atoms with Gasteiger partial charge in [0.25, 0.3) is 0 Å². The van der Waals surface area contributed by atoms with Crippen molar-refractivity contribution in [3.63, 3.8) is 0 Å². The summed E-state index contributed by atoms with van der Waals surface area (Å²) in [5, 5.41) is 9.08. The van der Waals surface area contributed by atoms with Crippen LogP contribution in [0, 0.1) is 17.2 Å². The van der Waals surface area contributed by atoms with Crippen LogP contribution in [-0.4, -0.2) is 5.97 Å². The molecule has 1 saturated carbocycles. The fourth-order valence-corrected chi connectivity index (χ4v) is 4.03. The third kappa shape index (κ3) is 4.57. The van der Waals surface area contributed by atoms with Crippen LogP contribution in [0.15, 0.2) is 54.6 Å². The van der Waals surface area contributed by atoms with Crippen molar-refractivity contribution in [1.82, 2.24) is 0 Å². The monoisotopic (exact) mass is 361 g/mol. The zero-order valence-electron chi connectivity index (χ0n) is 16.0. The van der Waals surface area contributed by atoms with Gasteiger partial charge in [0.1, 0.15) is 5.60 Å². The first-order valence-electron chi connectivity index (χ1n) is 9.96. The first-order chi connectivity index (χ1) is 13.2. The number of esters is 1. The minimum atomic E-state index is -0.594. The first kappa shape index (κ1) is 19.2. The second-order valence-electron chi connectivity index (χ2n) is 7.52. The van der Waals surface area contributed by atoms with E-state index >= 15 is 0 Å². The van der Waals surface area contributed by atoms with Crippen molar-refractivity contribution in [2.45, 2.75) is 57.5 Å². The highest BCUT2D eigenvalue weighted by atomic mass is 16.6. The number of carbonyl (C=O) groups excluding carboxylic acids is 1. The second kappa shape index (κ2) is 8.86. The number of rotatable bonds is 6. The van der Waals surface area contributed by atoms with Gasteiger partial charge in [-0.1, -0.05) is 56.5 Å². The summed E-state index contributed by atoms with van der Waals surface area (Å²) < 4.78 is 6.16. The molecule has 0 N–H and O–H groups in total. The molecule has 27 heavy (non-hydrogen) atoms. The van der Waals surface area contributed by atoms with E-state index < -0.39 is 5.60 Å². The molecule has 3 rings (SSSR count). The molecule has 2 aromatic carbocycles. The van der Waals surface area contributed by atoms with Crippen molar-refractivity contribution >= 4 is 5.97 Å². The number of nitrogens with zero attached hydrogens (tertiary/aromatic N) is 1. The van der Waals surface area contributed by atoms with Crippen molar-refractivity contribution in [2.75, 3.05) is 0 Å². The van der Waals surface area contributed by atoms with Gasteiger partial charge >= 0.3 is 5.97 Å². The summed E-state index contributed by atoms with van der Waals surface area (Å²) in [6.07, 6.45) is 7.56. The molecule has 1 aliphatic carbocycles. The fourth-order valence-electron chi connectivity index (χ4n) is 4.03. The third-order valence-corrected chi connectivity index (χ3v) is 5.72. The number of carbonyl (C=O) groups is 1. The second-order valence-corrected chi connectivity index (χ2v) is 7.52. The van der Waals surface area contributed by atoms with Crippen LogP contribution < -0.4 is 0 Å². The van der Waals surface area contributed by atoms with Crippen molar-refractivity contribution in [3.8, 4) is 6.07 Å². The Balaban J connectivity index is 1.83. The highest BCUT2D eigenvalue weighted by molar-refractivity contribution is 5.89. The van der Waals surface area contributed by atoms with Gasteiger partial charge in [-0.3, -0.25) is 0 Å². The molecule has 140 valence electrons. The lowest BCUT2D eigenvalue weighted by Crippen LogP contribution is -2.37. The summed E-state index contributed by atoms with van der Waals surface area (Å²) in [5.41, 5.74) is 1.61. The van der Waals surface area contributed by atoms with Gasteiger partial charge in [-0.05, 0) is 61.4 Å². The van der Waals surface area contributed by atoms with Gasteiger partial charge in [0.2, 0.25) is 0 Å². The molecule has 3 nitrogen and oxygen atoms in total. The fraction of sp³-hybridized carbons (Fsp3) is 0.417. The Hall–Kier alpha value is -2.60. The van der Waals surface area contributed by atoms with Gasteiger partial charge < -0.3 is 4.74 Å². The van der Waals surface area contributed by atoms with E-state index in [-0.39, 0.29) is 5.97 Å². The topological polar surface area (TPSA) is 50.1 Å². The van der Waals surface area contributed by atoms with Crippen LogP contribution in [-0.2, 0) is 10.3 Å². The molecular formula is C24H27NO2. The average molecular weight is 361 g/mol. The van der Waals surface area contributed by atoms with Crippen LogP contribution >= 0.6 is 0 Å².